The Hall–Kier alpha value is -3.42. The lowest BCUT2D eigenvalue weighted by Gasteiger charge is -2.33. The Kier molecular flexibility index (Phi) is 6.59. The number of nitrogens with zero attached hydrogens (tertiary/aromatic N) is 3. The molecule has 0 radical (unpaired) electrons. The number of hydrogen-bond acceptors (Lipinski definition) is 5. The van der Waals surface area contributed by atoms with E-state index < -0.39 is 11.6 Å². The predicted octanol–water partition coefficient (Wildman–Crippen LogP) is 5.12. The van der Waals surface area contributed by atoms with Gasteiger partial charge >= 0.3 is 12.1 Å². The van der Waals surface area contributed by atoms with E-state index in [1.54, 1.807) is 29.3 Å². The van der Waals surface area contributed by atoms with Crippen LogP contribution in [0.25, 0.3) is 10.9 Å². The number of benzene rings is 1. The van der Waals surface area contributed by atoms with Crippen LogP contribution >= 0.6 is 0 Å². The van der Waals surface area contributed by atoms with Crippen molar-refractivity contribution in [2.75, 3.05) is 20.2 Å². The number of hydrogen-bond donors (Lipinski definition) is 0. The van der Waals surface area contributed by atoms with E-state index in [0.717, 1.165) is 29.3 Å². The molecule has 1 amide bonds. The van der Waals surface area contributed by atoms with Crippen LogP contribution in [0.1, 0.15) is 61.1 Å². The minimum absolute atomic E-state index is 0.152. The van der Waals surface area contributed by atoms with Crippen molar-refractivity contribution in [3.63, 3.8) is 0 Å². The highest BCUT2D eigenvalue weighted by Gasteiger charge is 2.28. The lowest BCUT2D eigenvalue weighted by atomic mass is 9.90. The monoisotopic (exact) mass is 467 g/mol. The van der Waals surface area contributed by atoms with E-state index in [9.17, 15) is 14.0 Å². The van der Waals surface area contributed by atoms with E-state index in [2.05, 4.69) is 4.98 Å². The zero-order valence-corrected chi connectivity index (χ0v) is 20.0. The summed E-state index contributed by atoms with van der Waals surface area (Å²) < 4.78 is 27.1. The van der Waals surface area contributed by atoms with Crippen LogP contribution in [-0.2, 0) is 16.0 Å². The molecule has 0 aliphatic carbocycles. The van der Waals surface area contributed by atoms with E-state index in [4.69, 9.17) is 9.47 Å². The molecule has 0 atom stereocenters. The molecule has 3 aromatic rings. The largest absolute Gasteiger partial charge is 0.465 e. The molecule has 180 valence electrons. The highest BCUT2D eigenvalue weighted by molar-refractivity contribution is 5.94. The van der Waals surface area contributed by atoms with Gasteiger partial charge in [0.05, 0.1) is 24.9 Å². The van der Waals surface area contributed by atoms with Crippen molar-refractivity contribution >= 4 is 23.0 Å². The van der Waals surface area contributed by atoms with Crippen LogP contribution in [0.4, 0.5) is 9.18 Å². The van der Waals surface area contributed by atoms with Crippen molar-refractivity contribution < 1.29 is 23.5 Å². The molecule has 7 nitrogen and oxygen atoms in total. The van der Waals surface area contributed by atoms with Crippen molar-refractivity contribution in [1.82, 2.24) is 14.5 Å². The molecule has 4 rings (SSSR count). The summed E-state index contributed by atoms with van der Waals surface area (Å²) in [6.45, 7) is 6.99. The summed E-state index contributed by atoms with van der Waals surface area (Å²) in [7, 11) is 1.35. The van der Waals surface area contributed by atoms with E-state index in [0.29, 0.717) is 24.3 Å². The zero-order valence-electron chi connectivity index (χ0n) is 20.0. The predicted molar refractivity (Wildman–Crippen MR) is 126 cm³/mol. The number of rotatable bonds is 4. The number of amides is 1. The van der Waals surface area contributed by atoms with Crippen molar-refractivity contribution in [2.45, 2.75) is 51.7 Å². The first-order valence-electron chi connectivity index (χ1n) is 11.4. The van der Waals surface area contributed by atoms with Gasteiger partial charge in [-0.05, 0) is 75.4 Å². The minimum Gasteiger partial charge on any atom is -0.465 e. The molecule has 0 bridgehead atoms. The van der Waals surface area contributed by atoms with E-state index in [1.807, 2.05) is 43.7 Å². The van der Waals surface area contributed by atoms with Gasteiger partial charge in [-0.25, -0.2) is 14.0 Å². The maximum absolute atomic E-state index is 15.0. The first-order chi connectivity index (χ1) is 16.1. The molecular formula is C26H30FN3O4. The normalized spacial score (nSPS) is 14.9. The van der Waals surface area contributed by atoms with Crippen molar-refractivity contribution in [2.24, 2.45) is 0 Å². The van der Waals surface area contributed by atoms with Gasteiger partial charge in [-0.2, -0.15) is 0 Å². The summed E-state index contributed by atoms with van der Waals surface area (Å²) >= 11 is 0. The number of halogens is 1. The second kappa shape index (κ2) is 9.44. The number of esters is 1. The number of fused-ring (bicyclic) bond motifs is 1. The number of methoxy groups -OCH3 is 1. The lowest BCUT2D eigenvalue weighted by Crippen LogP contribution is -2.41. The Balaban J connectivity index is 1.42. The Labute approximate surface area is 198 Å². The molecular weight excluding hydrogens is 437 g/mol. The molecule has 1 aliphatic heterocycles. The summed E-state index contributed by atoms with van der Waals surface area (Å²) in [5, 5.41) is 0.872. The Morgan fingerprint density at radius 3 is 2.53 bits per heavy atom. The molecule has 1 fully saturated rings. The molecule has 0 spiro atoms. The summed E-state index contributed by atoms with van der Waals surface area (Å²) in [6, 6.07) is 8.73. The smallest absolute Gasteiger partial charge is 0.410 e. The molecule has 3 heterocycles. The third-order valence-electron chi connectivity index (χ3n) is 6.07. The van der Waals surface area contributed by atoms with Crippen molar-refractivity contribution in [1.29, 1.82) is 0 Å². The van der Waals surface area contributed by atoms with E-state index >= 15 is 0 Å². The van der Waals surface area contributed by atoms with Crippen LogP contribution in [0.5, 0.6) is 0 Å². The number of likely N-dealkylation sites (tertiary alicyclic amines) is 1. The van der Waals surface area contributed by atoms with Crippen molar-refractivity contribution in [3.05, 3.63) is 65.4 Å². The molecule has 8 heteroatoms. The van der Waals surface area contributed by atoms with Crippen LogP contribution in [0.15, 0.2) is 42.7 Å². The topological polar surface area (TPSA) is 73.7 Å². The van der Waals surface area contributed by atoms with E-state index in [1.165, 1.54) is 7.11 Å². The Bertz CT molecular complexity index is 1210. The third kappa shape index (κ3) is 5.21. The summed E-state index contributed by atoms with van der Waals surface area (Å²) in [5.41, 5.74) is 2.03. The number of carbonyl (C=O) groups excluding carboxylic acids is 2. The molecule has 0 N–H and O–H groups in total. The van der Waals surface area contributed by atoms with Gasteiger partial charge in [0, 0.05) is 36.4 Å². The third-order valence-corrected chi connectivity index (χ3v) is 6.07. The molecule has 0 unspecified atom stereocenters. The first-order valence-corrected chi connectivity index (χ1v) is 11.4. The highest BCUT2D eigenvalue weighted by atomic mass is 19.1. The van der Waals surface area contributed by atoms with Gasteiger partial charge < -0.3 is 18.9 Å². The second-order valence-corrected chi connectivity index (χ2v) is 9.65. The molecule has 34 heavy (non-hydrogen) atoms. The second-order valence-electron chi connectivity index (χ2n) is 9.65. The number of aromatic nitrogens is 2. The number of ether oxygens (including phenoxy) is 2. The summed E-state index contributed by atoms with van der Waals surface area (Å²) in [6.07, 6.45) is 4.78. The van der Waals surface area contributed by atoms with Gasteiger partial charge in [0.2, 0.25) is 0 Å². The zero-order chi connectivity index (χ0) is 24.5. The summed E-state index contributed by atoms with van der Waals surface area (Å²) in [5.74, 6) is -0.589. The fraction of sp³-hybridized carbons (Fsp3) is 0.423. The van der Waals surface area contributed by atoms with Gasteiger partial charge in [0.15, 0.2) is 0 Å². The highest BCUT2D eigenvalue weighted by Crippen LogP contribution is 2.29. The minimum atomic E-state index is -0.522. The van der Waals surface area contributed by atoms with Crippen LogP contribution in [0, 0.1) is 5.82 Å². The molecule has 2 aromatic heterocycles. The fourth-order valence-electron chi connectivity index (χ4n) is 4.29. The molecule has 1 aromatic carbocycles. The first kappa shape index (κ1) is 23.7. The molecule has 1 aliphatic rings. The summed E-state index contributed by atoms with van der Waals surface area (Å²) in [4.78, 5) is 30.2. The SMILES string of the molecule is COC(=O)c1ccc2c(ccn2Cc2ncc(C3CCN(C(=O)OC(C)(C)C)CC3)cc2F)c1. The average molecular weight is 468 g/mol. The van der Waals surface area contributed by atoms with Gasteiger partial charge in [0.25, 0.3) is 0 Å². The number of carbonyl (C=O) groups is 2. The maximum Gasteiger partial charge on any atom is 0.410 e. The van der Waals surface area contributed by atoms with Gasteiger partial charge in [-0.3, -0.25) is 4.98 Å². The quantitative estimate of drug-likeness (QED) is 0.498. The van der Waals surface area contributed by atoms with Gasteiger partial charge in [0.1, 0.15) is 11.4 Å². The maximum atomic E-state index is 15.0. The Morgan fingerprint density at radius 2 is 1.88 bits per heavy atom. The fourth-order valence-corrected chi connectivity index (χ4v) is 4.29. The molecule has 1 saturated heterocycles. The molecule has 0 saturated carbocycles. The number of pyridine rings is 1. The van der Waals surface area contributed by atoms with Crippen LogP contribution in [-0.4, -0.2) is 52.3 Å². The van der Waals surface area contributed by atoms with Gasteiger partial charge in [-0.15, -0.1) is 0 Å². The van der Waals surface area contributed by atoms with E-state index in [-0.39, 0.29) is 24.4 Å². The average Bonchev–Trinajstić information content (AvgIpc) is 3.20. The van der Waals surface area contributed by atoms with Crippen LogP contribution in [0.3, 0.4) is 0 Å². The van der Waals surface area contributed by atoms with Gasteiger partial charge in [-0.1, -0.05) is 0 Å². The van der Waals surface area contributed by atoms with Crippen molar-refractivity contribution in [3.8, 4) is 0 Å². The standard InChI is InChI=1S/C26H30FN3O4/c1-26(2,3)34-25(32)29-10-7-17(8-11-29)20-14-21(27)22(28-15-20)16-30-12-9-18-13-19(24(31)33-4)5-6-23(18)30/h5-6,9,12-15,17H,7-8,10-11,16H2,1-4H3. The van der Waals surface area contributed by atoms with Crippen LogP contribution in [0.2, 0.25) is 0 Å². The lowest BCUT2D eigenvalue weighted by molar-refractivity contribution is 0.0204. The number of piperidine rings is 1. The van der Waals surface area contributed by atoms with Crippen LogP contribution < -0.4 is 0 Å². The Morgan fingerprint density at radius 1 is 1.15 bits per heavy atom.